The minimum Gasteiger partial charge on any atom is -0.373 e. The Balaban J connectivity index is 1.26. The number of amides is 1. The average molecular weight is 542 g/mol. The number of sulfonamides is 1. The first-order chi connectivity index (χ1) is 16.2. The summed E-state index contributed by atoms with van der Waals surface area (Å²) in [7, 11) is -3.57. The first kappa shape index (κ1) is 25.4. The van der Waals surface area contributed by atoms with Gasteiger partial charge >= 0.3 is 0 Å². The number of allylic oxidation sites excluding steroid dienone is 2. The van der Waals surface area contributed by atoms with Gasteiger partial charge in [0.05, 0.1) is 25.2 Å². The second kappa shape index (κ2) is 10.9. The molecule has 1 fully saturated rings. The highest BCUT2D eigenvalue weighted by Crippen LogP contribution is 2.30. The van der Waals surface area contributed by atoms with E-state index in [4.69, 9.17) is 27.9 Å². The number of thiophene rings is 1. The van der Waals surface area contributed by atoms with Gasteiger partial charge in [-0.25, -0.2) is 8.42 Å². The van der Waals surface area contributed by atoms with Crippen molar-refractivity contribution < 1.29 is 17.9 Å². The fourth-order valence-corrected chi connectivity index (χ4v) is 7.01. The summed E-state index contributed by atoms with van der Waals surface area (Å²) >= 11 is 13.1. The summed E-state index contributed by atoms with van der Waals surface area (Å²) in [6.07, 6.45) is 7.78. The highest BCUT2D eigenvalue weighted by Gasteiger charge is 2.31. The second-order valence-electron chi connectivity index (χ2n) is 8.26. The van der Waals surface area contributed by atoms with E-state index in [1.54, 1.807) is 36.4 Å². The first-order valence-electron chi connectivity index (χ1n) is 11.0. The van der Waals surface area contributed by atoms with Crippen LogP contribution in [0.25, 0.3) is 0 Å². The Labute approximate surface area is 214 Å². The molecule has 0 spiro atoms. The van der Waals surface area contributed by atoms with Gasteiger partial charge in [-0.3, -0.25) is 4.79 Å². The quantitative estimate of drug-likeness (QED) is 0.390. The molecule has 1 N–H and O–H groups in total. The van der Waals surface area contributed by atoms with Gasteiger partial charge in [0, 0.05) is 18.0 Å². The molecule has 1 aliphatic carbocycles. The summed E-state index contributed by atoms with van der Waals surface area (Å²) in [6, 6.07) is 13.3. The van der Waals surface area contributed by atoms with Crippen molar-refractivity contribution in [3.8, 4) is 0 Å². The average Bonchev–Trinajstić information content (AvgIpc) is 3.32. The molecule has 0 radical (unpaired) electrons. The normalized spacial score (nSPS) is 19.4. The van der Waals surface area contributed by atoms with Crippen molar-refractivity contribution in [1.29, 1.82) is 0 Å². The van der Waals surface area contributed by atoms with Gasteiger partial charge in [-0.2, -0.15) is 4.31 Å². The van der Waals surface area contributed by atoms with E-state index >= 15 is 0 Å². The Morgan fingerprint density at radius 1 is 1.09 bits per heavy atom. The molecule has 10 heteroatoms. The van der Waals surface area contributed by atoms with Crippen LogP contribution in [0.5, 0.6) is 0 Å². The summed E-state index contributed by atoms with van der Waals surface area (Å²) in [6.45, 7) is 1.63. The molecule has 1 saturated heterocycles. The number of piperidine rings is 1. The molecule has 1 amide bonds. The highest BCUT2D eigenvalue weighted by molar-refractivity contribution is 7.91. The number of nitrogens with zero attached hydrogens (tertiary/aromatic N) is 1. The third-order valence-electron chi connectivity index (χ3n) is 5.75. The Morgan fingerprint density at radius 2 is 1.76 bits per heavy atom. The van der Waals surface area contributed by atoms with Crippen LogP contribution in [0.4, 0.5) is 0 Å². The van der Waals surface area contributed by atoms with Crippen molar-refractivity contribution in [3.05, 3.63) is 77.2 Å². The van der Waals surface area contributed by atoms with Crippen LogP contribution >= 0.6 is 34.5 Å². The zero-order valence-electron chi connectivity index (χ0n) is 18.4. The minimum atomic E-state index is -3.57. The van der Waals surface area contributed by atoms with E-state index in [0.29, 0.717) is 32.5 Å². The maximum absolute atomic E-state index is 13.1. The lowest BCUT2D eigenvalue weighted by Crippen LogP contribution is -2.40. The SMILES string of the molecule is O=C(NCc1ccc(S(=O)(=O)N2CCC(OCc3ccccc3)CC2)s1)C1C=CC(Cl)(Cl)C=C1. The third kappa shape index (κ3) is 6.50. The smallest absolute Gasteiger partial charge is 0.252 e. The molecular weight excluding hydrogens is 515 g/mol. The fourth-order valence-electron chi connectivity index (χ4n) is 3.80. The van der Waals surface area contributed by atoms with Gasteiger partial charge < -0.3 is 10.1 Å². The number of halogens is 2. The Morgan fingerprint density at radius 3 is 2.44 bits per heavy atom. The van der Waals surface area contributed by atoms with Crippen LogP contribution < -0.4 is 5.32 Å². The number of alkyl halides is 2. The number of carbonyl (C=O) groups excluding carboxylic acids is 1. The third-order valence-corrected chi connectivity index (χ3v) is 9.71. The Kier molecular flexibility index (Phi) is 8.17. The van der Waals surface area contributed by atoms with Crippen LogP contribution in [0.1, 0.15) is 23.3 Å². The molecule has 182 valence electrons. The molecule has 1 aromatic carbocycles. The number of ether oxygens (including phenoxy) is 1. The second-order valence-corrected chi connectivity index (χ2v) is 13.0. The predicted molar refractivity (Wildman–Crippen MR) is 135 cm³/mol. The first-order valence-corrected chi connectivity index (χ1v) is 14.0. The zero-order valence-corrected chi connectivity index (χ0v) is 21.5. The lowest BCUT2D eigenvalue weighted by molar-refractivity contribution is -0.122. The predicted octanol–water partition coefficient (Wildman–Crippen LogP) is 4.65. The van der Waals surface area contributed by atoms with Gasteiger partial charge in [0.1, 0.15) is 4.21 Å². The summed E-state index contributed by atoms with van der Waals surface area (Å²) in [4.78, 5) is 13.1. The Hall–Kier alpha value is -1.68. The van der Waals surface area contributed by atoms with E-state index in [1.807, 2.05) is 30.3 Å². The fraction of sp³-hybridized carbons (Fsp3) is 0.375. The zero-order chi connectivity index (χ0) is 24.2. The largest absolute Gasteiger partial charge is 0.373 e. The number of benzene rings is 1. The maximum atomic E-state index is 13.1. The van der Waals surface area contributed by atoms with E-state index in [-0.39, 0.29) is 22.8 Å². The van der Waals surface area contributed by atoms with Crippen LogP contribution in [0.2, 0.25) is 0 Å². The molecule has 0 unspecified atom stereocenters. The monoisotopic (exact) mass is 540 g/mol. The molecule has 0 atom stereocenters. The summed E-state index contributed by atoms with van der Waals surface area (Å²) in [5.74, 6) is -0.661. The summed E-state index contributed by atoms with van der Waals surface area (Å²) in [5, 5.41) is 2.83. The van der Waals surface area contributed by atoms with Gasteiger partial charge in [0.15, 0.2) is 4.33 Å². The van der Waals surface area contributed by atoms with E-state index in [2.05, 4.69) is 5.32 Å². The van der Waals surface area contributed by atoms with Crippen molar-refractivity contribution in [2.24, 2.45) is 5.92 Å². The van der Waals surface area contributed by atoms with Gasteiger partial charge in [0.25, 0.3) is 10.0 Å². The number of nitrogens with one attached hydrogen (secondary N) is 1. The molecular formula is C24H26Cl2N2O4S2. The van der Waals surface area contributed by atoms with Crippen molar-refractivity contribution in [1.82, 2.24) is 9.62 Å². The van der Waals surface area contributed by atoms with Gasteiger partial charge in [-0.05, 0) is 42.7 Å². The van der Waals surface area contributed by atoms with Crippen molar-refractivity contribution in [2.75, 3.05) is 13.1 Å². The number of hydrogen-bond acceptors (Lipinski definition) is 5. The lowest BCUT2D eigenvalue weighted by Gasteiger charge is -2.30. The van der Waals surface area contributed by atoms with Crippen molar-refractivity contribution in [3.63, 3.8) is 0 Å². The number of hydrogen-bond donors (Lipinski definition) is 1. The Bertz CT molecular complexity index is 1140. The molecule has 2 heterocycles. The van der Waals surface area contributed by atoms with Gasteiger partial charge in [0.2, 0.25) is 5.91 Å². The molecule has 1 aromatic heterocycles. The van der Waals surface area contributed by atoms with Crippen LogP contribution in [0, 0.1) is 5.92 Å². The van der Waals surface area contributed by atoms with Gasteiger partial charge in [-0.15, -0.1) is 11.3 Å². The van der Waals surface area contributed by atoms with Crippen LogP contribution in [0.3, 0.4) is 0 Å². The molecule has 0 saturated carbocycles. The molecule has 34 heavy (non-hydrogen) atoms. The molecule has 2 aromatic rings. The van der Waals surface area contributed by atoms with E-state index < -0.39 is 20.3 Å². The minimum absolute atomic E-state index is 0.0476. The van der Waals surface area contributed by atoms with E-state index in [1.165, 1.54) is 15.6 Å². The standard InChI is InChI=1S/C24H26Cl2N2O4S2/c25-24(26)12-8-19(9-13-24)23(29)27-16-21-6-7-22(33-21)34(30,31)28-14-10-20(11-15-28)32-17-18-4-2-1-3-5-18/h1-9,12-13,19-20H,10-11,14-17H2,(H,27,29). The van der Waals surface area contributed by atoms with Crippen molar-refractivity contribution >= 4 is 50.5 Å². The van der Waals surface area contributed by atoms with Crippen molar-refractivity contribution in [2.45, 2.75) is 40.6 Å². The molecule has 1 aliphatic heterocycles. The summed E-state index contributed by atoms with van der Waals surface area (Å²) in [5.41, 5.74) is 1.11. The number of rotatable bonds is 8. The maximum Gasteiger partial charge on any atom is 0.252 e. The topological polar surface area (TPSA) is 75.7 Å². The molecule has 6 nitrogen and oxygen atoms in total. The molecule has 4 rings (SSSR count). The van der Waals surface area contributed by atoms with E-state index in [0.717, 1.165) is 10.4 Å². The summed E-state index contributed by atoms with van der Waals surface area (Å²) < 4.78 is 32.9. The van der Waals surface area contributed by atoms with Crippen LogP contribution in [0.15, 0.2) is 71.0 Å². The molecule has 2 aliphatic rings. The van der Waals surface area contributed by atoms with E-state index in [9.17, 15) is 13.2 Å². The van der Waals surface area contributed by atoms with Gasteiger partial charge in [-0.1, -0.05) is 65.7 Å². The number of carbonyl (C=O) groups is 1. The van der Waals surface area contributed by atoms with Crippen LogP contribution in [-0.2, 0) is 32.7 Å². The van der Waals surface area contributed by atoms with Crippen LogP contribution in [-0.4, -0.2) is 42.2 Å². The highest BCUT2D eigenvalue weighted by atomic mass is 35.5. The lowest BCUT2D eigenvalue weighted by atomic mass is 10.0. The molecule has 0 bridgehead atoms.